The van der Waals surface area contributed by atoms with Crippen molar-refractivity contribution in [3.05, 3.63) is 58.8 Å². The minimum atomic E-state index is 1.01. The Balaban J connectivity index is 2.31. The van der Waals surface area contributed by atoms with E-state index in [9.17, 15) is 0 Å². The first-order chi connectivity index (χ1) is 9.90. The van der Waals surface area contributed by atoms with Crippen LogP contribution in [0.2, 0.25) is 0 Å². The van der Waals surface area contributed by atoms with Crippen LogP contribution in [0.15, 0.2) is 36.6 Å². The highest BCUT2D eigenvalue weighted by Gasteiger charge is 2.13. The van der Waals surface area contributed by atoms with Gasteiger partial charge < -0.3 is 5.32 Å². The molecule has 1 aliphatic rings. The second kappa shape index (κ2) is 6.34. The van der Waals surface area contributed by atoms with Crippen LogP contribution < -0.4 is 5.32 Å². The lowest BCUT2D eigenvalue weighted by Crippen LogP contribution is -2.16. The Hall–Kier alpha value is -1.76. The van der Waals surface area contributed by atoms with E-state index in [1.165, 1.54) is 52.8 Å². The monoisotopic (exact) mass is 281 g/mol. The van der Waals surface area contributed by atoms with Crippen molar-refractivity contribution in [1.82, 2.24) is 5.32 Å². The van der Waals surface area contributed by atoms with Crippen molar-refractivity contribution in [3.8, 4) is 0 Å². The zero-order valence-electron chi connectivity index (χ0n) is 13.9. The van der Waals surface area contributed by atoms with Crippen molar-refractivity contribution in [2.45, 2.75) is 53.4 Å². The molecule has 0 radical (unpaired) electrons. The summed E-state index contributed by atoms with van der Waals surface area (Å²) in [5.41, 5.74) is 9.93. The highest BCUT2D eigenvalue weighted by Crippen LogP contribution is 2.28. The highest BCUT2D eigenvalue weighted by molar-refractivity contribution is 5.73. The summed E-state index contributed by atoms with van der Waals surface area (Å²) < 4.78 is 0. The molecule has 1 aromatic carbocycles. The molecule has 1 aromatic rings. The fourth-order valence-corrected chi connectivity index (χ4v) is 3.11. The van der Waals surface area contributed by atoms with Crippen molar-refractivity contribution in [1.29, 1.82) is 0 Å². The van der Waals surface area contributed by atoms with E-state index in [2.05, 4.69) is 58.3 Å². The molecule has 112 valence electrons. The molecule has 0 spiro atoms. The van der Waals surface area contributed by atoms with Gasteiger partial charge in [0.1, 0.15) is 0 Å². The number of benzene rings is 1. The van der Waals surface area contributed by atoms with Gasteiger partial charge in [0.2, 0.25) is 0 Å². The Morgan fingerprint density at radius 2 is 1.57 bits per heavy atom. The zero-order chi connectivity index (χ0) is 15.6. The maximum Gasteiger partial charge on any atom is 0.0385 e. The topological polar surface area (TPSA) is 12.0 Å². The molecule has 0 heterocycles. The average Bonchev–Trinajstić information content (AvgIpc) is 2.40. The molecule has 21 heavy (non-hydrogen) atoms. The minimum Gasteiger partial charge on any atom is -0.359 e. The number of hydrogen-bond acceptors (Lipinski definition) is 1. The molecule has 0 saturated carbocycles. The van der Waals surface area contributed by atoms with E-state index in [1.54, 1.807) is 0 Å². The smallest absolute Gasteiger partial charge is 0.0385 e. The van der Waals surface area contributed by atoms with Gasteiger partial charge >= 0.3 is 0 Å². The Bertz CT molecular complexity index is 617. The van der Waals surface area contributed by atoms with Gasteiger partial charge in [-0.2, -0.15) is 0 Å². The van der Waals surface area contributed by atoms with Crippen LogP contribution >= 0.6 is 0 Å². The summed E-state index contributed by atoms with van der Waals surface area (Å²) in [5, 5.41) is 3.57. The van der Waals surface area contributed by atoms with Gasteiger partial charge in [-0.3, -0.25) is 0 Å². The highest BCUT2D eigenvalue weighted by atomic mass is 14.9. The van der Waals surface area contributed by atoms with Crippen LogP contribution in [-0.4, -0.2) is 0 Å². The number of hydrogen-bond donors (Lipinski definition) is 1. The summed E-state index contributed by atoms with van der Waals surface area (Å²) in [5.74, 6) is 0. The molecule has 1 N–H and O–H groups in total. The van der Waals surface area contributed by atoms with E-state index in [-0.39, 0.29) is 0 Å². The molecule has 2 rings (SSSR count). The van der Waals surface area contributed by atoms with Gasteiger partial charge in [-0.25, -0.2) is 0 Å². The molecule has 0 amide bonds. The first-order valence-corrected chi connectivity index (χ1v) is 7.82. The number of allylic oxidation sites excluding steroid dienone is 3. The molecule has 1 nitrogen and oxygen atoms in total. The first-order valence-electron chi connectivity index (χ1n) is 7.82. The molecule has 1 heteroatoms. The summed E-state index contributed by atoms with van der Waals surface area (Å²) in [6.45, 7) is 16.9. The third-order valence-electron chi connectivity index (χ3n) is 4.40. The van der Waals surface area contributed by atoms with Gasteiger partial charge in [-0.05, 0) is 76.1 Å². The van der Waals surface area contributed by atoms with Gasteiger partial charge in [0.25, 0.3) is 0 Å². The number of nitrogens with one attached hydrogen (secondary N) is 1. The second-order valence-electron chi connectivity index (χ2n) is 6.33. The van der Waals surface area contributed by atoms with E-state index < -0.39 is 0 Å². The predicted octanol–water partition coefficient (Wildman–Crippen LogP) is 5.74. The van der Waals surface area contributed by atoms with Gasteiger partial charge in [0, 0.05) is 17.0 Å². The van der Waals surface area contributed by atoms with Crippen LogP contribution in [-0.2, 0) is 0 Å². The summed E-state index contributed by atoms with van der Waals surface area (Å²) >= 11 is 0. The molecule has 0 unspecified atom stereocenters. The largest absolute Gasteiger partial charge is 0.359 e. The lowest BCUT2D eigenvalue weighted by molar-refractivity contribution is 0.649. The molecule has 0 fully saturated rings. The van der Waals surface area contributed by atoms with Gasteiger partial charge in [-0.1, -0.05) is 30.4 Å². The zero-order valence-corrected chi connectivity index (χ0v) is 13.9. The van der Waals surface area contributed by atoms with Crippen LogP contribution in [0.5, 0.6) is 0 Å². The minimum absolute atomic E-state index is 1.01. The molecule has 0 bridgehead atoms. The Morgan fingerprint density at radius 1 is 0.952 bits per heavy atom. The average molecular weight is 281 g/mol. The Morgan fingerprint density at radius 3 is 2.19 bits per heavy atom. The van der Waals surface area contributed by atoms with Crippen molar-refractivity contribution in [2.75, 3.05) is 0 Å². The summed E-state index contributed by atoms with van der Waals surface area (Å²) in [4.78, 5) is 0. The number of aryl methyl sites for hydroxylation is 2. The standard InChI is InChI=1S/C20H27N/c1-13(2)18-12-19(16(5)11-15(18)4)17(6)21-20-10-8-7-9-14(20)3/h11-12,21H,1,6-10H2,2-5H3. The number of rotatable bonds is 4. The third-order valence-corrected chi connectivity index (χ3v) is 4.40. The van der Waals surface area contributed by atoms with Crippen LogP contribution in [0.25, 0.3) is 11.3 Å². The maximum absolute atomic E-state index is 4.27. The normalized spacial score (nSPS) is 15.0. The van der Waals surface area contributed by atoms with Crippen molar-refractivity contribution in [2.24, 2.45) is 0 Å². The fourth-order valence-electron chi connectivity index (χ4n) is 3.11. The molecular weight excluding hydrogens is 254 g/mol. The molecule has 0 aromatic heterocycles. The third kappa shape index (κ3) is 3.47. The van der Waals surface area contributed by atoms with E-state index in [0.29, 0.717) is 0 Å². The van der Waals surface area contributed by atoms with Crippen molar-refractivity contribution < 1.29 is 0 Å². The molecule has 0 aliphatic heterocycles. The van der Waals surface area contributed by atoms with Crippen molar-refractivity contribution in [3.63, 3.8) is 0 Å². The molecule has 1 aliphatic carbocycles. The summed E-state index contributed by atoms with van der Waals surface area (Å²) in [7, 11) is 0. The summed E-state index contributed by atoms with van der Waals surface area (Å²) in [6, 6.07) is 4.45. The van der Waals surface area contributed by atoms with Crippen molar-refractivity contribution >= 4 is 11.3 Å². The van der Waals surface area contributed by atoms with Gasteiger partial charge in [-0.15, -0.1) is 0 Å². The second-order valence-corrected chi connectivity index (χ2v) is 6.33. The van der Waals surface area contributed by atoms with Crippen LogP contribution in [0, 0.1) is 13.8 Å². The lowest BCUT2D eigenvalue weighted by atomic mass is 9.94. The van der Waals surface area contributed by atoms with Crippen LogP contribution in [0.1, 0.15) is 61.8 Å². The lowest BCUT2D eigenvalue weighted by Gasteiger charge is -2.22. The fraction of sp³-hybridized carbons (Fsp3) is 0.400. The maximum atomic E-state index is 4.27. The Kier molecular flexibility index (Phi) is 4.72. The molecule has 0 saturated heterocycles. The van der Waals surface area contributed by atoms with Crippen LogP contribution in [0.4, 0.5) is 0 Å². The molecular formula is C20H27N. The van der Waals surface area contributed by atoms with E-state index in [4.69, 9.17) is 0 Å². The van der Waals surface area contributed by atoms with E-state index in [0.717, 1.165) is 17.7 Å². The SMILES string of the molecule is C=C(C)c1cc(C(=C)NC2=C(C)CCCC2)c(C)cc1C. The van der Waals surface area contributed by atoms with Gasteiger partial charge in [0.05, 0.1) is 0 Å². The first kappa shape index (κ1) is 15.6. The Labute approximate surface area is 129 Å². The van der Waals surface area contributed by atoms with Crippen LogP contribution in [0.3, 0.4) is 0 Å². The van der Waals surface area contributed by atoms with E-state index >= 15 is 0 Å². The summed E-state index contributed by atoms with van der Waals surface area (Å²) in [6.07, 6.45) is 4.94. The van der Waals surface area contributed by atoms with Gasteiger partial charge in [0.15, 0.2) is 0 Å². The molecule has 0 atom stereocenters. The predicted molar refractivity (Wildman–Crippen MR) is 94.0 cm³/mol. The van der Waals surface area contributed by atoms with E-state index in [1.807, 2.05) is 0 Å². The quantitative estimate of drug-likeness (QED) is 0.741.